The quantitative estimate of drug-likeness (QED) is 0.307. The van der Waals surface area contributed by atoms with Crippen molar-refractivity contribution in [2.45, 2.75) is 5.03 Å². The Morgan fingerprint density at radius 3 is 2.53 bits per heavy atom. The average Bonchev–Trinajstić information content (AvgIpc) is 3.58. The summed E-state index contributed by atoms with van der Waals surface area (Å²) >= 11 is 1.36. The molecule has 0 unspecified atom stereocenters. The summed E-state index contributed by atoms with van der Waals surface area (Å²) in [5.74, 6) is 1.17. The summed E-state index contributed by atoms with van der Waals surface area (Å²) < 4.78 is 12.1. The lowest BCUT2D eigenvalue weighted by Crippen LogP contribution is -2.51. The molecule has 1 aromatic carbocycles. The zero-order valence-corrected chi connectivity index (χ0v) is 19.3. The average molecular weight is 479 g/mol. The maximum absolute atomic E-state index is 12.8. The fourth-order valence-corrected chi connectivity index (χ4v) is 4.65. The molecule has 3 aromatic heterocycles. The molecule has 34 heavy (non-hydrogen) atoms. The first-order chi connectivity index (χ1) is 16.6. The Kier molecular flexibility index (Phi) is 6.17. The minimum Gasteiger partial charge on any atom is -0.497 e. The zero-order valence-electron chi connectivity index (χ0n) is 18.5. The van der Waals surface area contributed by atoms with Gasteiger partial charge in [-0.2, -0.15) is 5.10 Å². The molecule has 0 aliphatic carbocycles. The summed E-state index contributed by atoms with van der Waals surface area (Å²) in [6, 6.07) is 10.9. The number of furan rings is 1. The molecular weight excluding hydrogens is 456 g/mol. The first-order valence-corrected chi connectivity index (χ1v) is 11.7. The first kappa shape index (κ1) is 22.0. The van der Waals surface area contributed by atoms with Gasteiger partial charge in [-0.15, -0.1) is 0 Å². The Hall–Kier alpha value is -3.86. The van der Waals surface area contributed by atoms with Gasteiger partial charge in [0.1, 0.15) is 17.1 Å². The topological polar surface area (TPSA) is 107 Å². The number of ether oxygens (including phenoxy) is 1. The van der Waals surface area contributed by atoms with Crippen LogP contribution >= 0.6 is 11.8 Å². The molecule has 0 atom stereocenters. The minimum absolute atomic E-state index is 0.00408. The zero-order chi connectivity index (χ0) is 23.5. The summed E-state index contributed by atoms with van der Waals surface area (Å²) in [4.78, 5) is 37.4. The van der Waals surface area contributed by atoms with E-state index in [0.29, 0.717) is 42.6 Å². The lowest BCUT2D eigenvalue weighted by molar-refractivity contribution is -0.129. The van der Waals surface area contributed by atoms with E-state index in [9.17, 15) is 9.59 Å². The van der Waals surface area contributed by atoms with Crippen LogP contribution in [0.2, 0.25) is 0 Å². The molecule has 10 nitrogen and oxygen atoms in total. The van der Waals surface area contributed by atoms with E-state index in [1.807, 2.05) is 24.3 Å². The van der Waals surface area contributed by atoms with Gasteiger partial charge in [-0.3, -0.25) is 9.59 Å². The van der Waals surface area contributed by atoms with Gasteiger partial charge in [0.15, 0.2) is 11.4 Å². The molecule has 0 bridgehead atoms. The van der Waals surface area contributed by atoms with Gasteiger partial charge < -0.3 is 19.0 Å². The fraction of sp³-hybridized carbons (Fsp3) is 0.261. The van der Waals surface area contributed by atoms with E-state index in [1.165, 1.54) is 24.4 Å². The smallest absolute Gasteiger partial charge is 0.289 e. The van der Waals surface area contributed by atoms with Crippen molar-refractivity contribution in [2.75, 3.05) is 39.0 Å². The Morgan fingerprint density at radius 2 is 1.82 bits per heavy atom. The summed E-state index contributed by atoms with van der Waals surface area (Å²) in [5, 5.41) is 5.95. The van der Waals surface area contributed by atoms with Crippen LogP contribution in [0.5, 0.6) is 5.75 Å². The number of benzene rings is 1. The normalized spacial score (nSPS) is 13.9. The monoisotopic (exact) mass is 478 g/mol. The molecule has 2 amide bonds. The third kappa shape index (κ3) is 4.34. The van der Waals surface area contributed by atoms with Gasteiger partial charge in [0.2, 0.25) is 5.91 Å². The van der Waals surface area contributed by atoms with Crippen LogP contribution in [0.25, 0.3) is 16.7 Å². The summed E-state index contributed by atoms with van der Waals surface area (Å²) in [5.41, 5.74) is 1.52. The van der Waals surface area contributed by atoms with Crippen molar-refractivity contribution in [1.29, 1.82) is 0 Å². The van der Waals surface area contributed by atoms with Crippen molar-refractivity contribution >= 4 is 34.6 Å². The molecule has 1 aliphatic heterocycles. The van der Waals surface area contributed by atoms with E-state index in [2.05, 4.69) is 15.1 Å². The number of nitrogens with zero attached hydrogens (tertiary/aromatic N) is 6. The number of hydrogen-bond donors (Lipinski definition) is 0. The minimum atomic E-state index is -0.149. The van der Waals surface area contributed by atoms with Gasteiger partial charge in [-0.05, 0) is 36.4 Å². The van der Waals surface area contributed by atoms with Crippen molar-refractivity contribution in [2.24, 2.45) is 0 Å². The molecule has 1 fully saturated rings. The summed E-state index contributed by atoms with van der Waals surface area (Å²) in [7, 11) is 1.62. The van der Waals surface area contributed by atoms with Gasteiger partial charge in [0, 0.05) is 26.2 Å². The number of fused-ring (bicyclic) bond motifs is 1. The second-order valence-electron chi connectivity index (χ2n) is 7.61. The third-order valence-electron chi connectivity index (χ3n) is 5.63. The predicted octanol–water partition coefficient (Wildman–Crippen LogP) is 2.49. The van der Waals surface area contributed by atoms with Crippen molar-refractivity contribution in [3.05, 3.63) is 60.9 Å². The van der Waals surface area contributed by atoms with E-state index in [-0.39, 0.29) is 17.6 Å². The third-order valence-corrected chi connectivity index (χ3v) is 6.62. The molecule has 0 radical (unpaired) electrons. The highest BCUT2D eigenvalue weighted by Gasteiger charge is 2.26. The van der Waals surface area contributed by atoms with Gasteiger partial charge in [-0.1, -0.05) is 11.8 Å². The molecule has 11 heteroatoms. The van der Waals surface area contributed by atoms with Crippen LogP contribution in [0.15, 0.2) is 64.6 Å². The predicted molar refractivity (Wildman–Crippen MR) is 125 cm³/mol. The molecule has 0 spiro atoms. The van der Waals surface area contributed by atoms with Gasteiger partial charge >= 0.3 is 0 Å². The number of thioether (sulfide) groups is 1. The van der Waals surface area contributed by atoms with Gasteiger partial charge in [0.25, 0.3) is 5.91 Å². The number of hydrogen-bond acceptors (Lipinski definition) is 8. The summed E-state index contributed by atoms with van der Waals surface area (Å²) in [6.07, 6.45) is 4.68. The number of methoxy groups -OCH3 is 1. The van der Waals surface area contributed by atoms with Crippen LogP contribution in [-0.4, -0.2) is 80.4 Å². The number of amides is 2. The highest BCUT2D eigenvalue weighted by molar-refractivity contribution is 8.00. The second-order valence-corrected chi connectivity index (χ2v) is 8.57. The van der Waals surface area contributed by atoms with Crippen molar-refractivity contribution in [3.8, 4) is 11.4 Å². The van der Waals surface area contributed by atoms with Gasteiger partial charge in [-0.25, -0.2) is 14.6 Å². The van der Waals surface area contributed by atoms with Crippen LogP contribution < -0.4 is 4.74 Å². The lowest BCUT2D eigenvalue weighted by atomic mass is 10.3. The lowest BCUT2D eigenvalue weighted by Gasteiger charge is -2.34. The molecule has 0 N–H and O–H groups in total. The number of carbonyl (C=O) groups excluding carboxylic acids is 2. The molecule has 1 saturated heterocycles. The van der Waals surface area contributed by atoms with Crippen molar-refractivity contribution in [3.63, 3.8) is 0 Å². The van der Waals surface area contributed by atoms with Crippen LogP contribution in [0, 0.1) is 0 Å². The first-order valence-electron chi connectivity index (χ1n) is 10.7. The van der Waals surface area contributed by atoms with E-state index in [0.717, 1.165) is 16.8 Å². The largest absolute Gasteiger partial charge is 0.497 e. The number of aromatic nitrogens is 4. The van der Waals surface area contributed by atoms with Gasteiger partial charge in [0.05, 0.1) is 36.4 Å². The fourth-order valence-electron chi connectivity index (χ4n) is 3.79. The molecule has 4 aromatic rings. The second kappa shape index (κ2) is 9.56. The Balaban J connectivity index is 1.22. The van der Waals surface area contributed by atoms with Crippen LogP contribution in [0.4, 0.5) is 0 Å². The van der Waals surface area contributed by atoms with E-state index >= 15 is 0 Å². The van der Waals surface area contributed by atoms with E-state index < -0.39 is 0 Å². The standard InChI is InChI=1S/C23H22N6O4S/c1-32-17-6-4-16(5-7-17)29-21-18(13-26-29)22(25-15-24-21)34-14-20(30)27-8-10-28(11-9-27)23(31)19-3-2-12-33-19/h2-7,12-13,15H,8-11,14H2,1H3. The summed E-state index contributed by atoms with van der Waals surface area (Å²) in [6.45, 7) is 1.92. The Morgan fingerprint density at radius 1 is 1.06 bits per heavy atom. The Bertz CT molecular complexity index is 1300. The van der Waals surface area contributed by atoms with Crippen molar-refractivity contribution in [1.82, 2.24) is 29.5 Å². The molecular formula is C23H22N6O4S. The van der Waals surface area contributed by atoms with Crippen LogP contribution in [-0.2, 0) is 4.79 Å². The Labute approximate surface area is 199 Å². The molecule has 0 saturated carbocycles. The molecule has 174 valence electrons. The van der Waals surface area contributed by atoms with Crippen LogP contribution in [0.1, 0.15) is 10.6 Å². The van der Waals surface area contributed by atoms with Crippen LogP contribution in [0.3, 0.4) is 0 Å². The maximum atomic E-state index is 12.8. The van der Waals surface area contributed by atoms with Crippen molar-refractivity contribution < 1.29 is 18.7 Å². The highest BCUT2D eigenvalue weighted by atomic mass is 32.2. The number of piperazine rings is 1. The number of carbonyl (C=O) groups is 2. The molecule has 4 heterocycles. The molecule has 5 rings (SSSR count). The van der Waals surface area contributed by atoms with E-state index in [4.69, 9.17) is 9.15 Å². The van der Waals surface area contributed by atoms with E-state index in [1.54, 1.807) is 39.9 Å². The molecule has 1 aliphatic rings. The highest BCUT2D eigenvalue weighted by Crippen LogP contribution is 2.26. The number of rotatable bonds is 6. The SMILES string of the molecule is COc1ccc(-n2ncc3c(SCC(=O)N4CCN(C(=O)c5ccco5)CC4)ncnc32)cc1. The maximum Gasteiger partial charge on any atom is 0.289 e.